The Balaban J connectivity index is 1.67. The molecular formula is C17H19NO3. The van der Waals surface area contributed by atoms with Crippen molar-refractivity contribution in [2.24, 2.45) is 5.73 Å². The maximum atomic E-state index is 6.28. The van der Waals surface area contributed by atoms with Crippen LogP contribution >= 0.6 is 0 Å². The number of para-hydroxylation sites is 1. The first-order chi connectivity index (χ1) is 10.3. The average molecular weight is 285 g/mol. The molecule has 0 amide bonds. The molecule has 0 aliphatic carbocycles. The fourth-order valence-corrected chi connectivity index (χ4v) is 2.60. The second-order valence-electron chi connectivity index (χ2n) is 5.17. The molecule has 0 aromatic heterocycles. The Bertz CT molecular complexity index is 627. The zero-order valence-electron chi connectivity index (χ0n) is 12.0. The largest absolute Gasteiger partial charge is 0.496 e. The van der Waals surface area contributed by atoms with Crippen molar-refractivity contribution >= 4 is 0 Å². The van der Waals surface area contributed by atoms with Gasteiger partial charge in [0.1, 0.15) is 5.75 Å². The lowest BCUT2D eigenvalue weighted by Gasteiger charge is -2.14. The van der Waals surface area contributed by atoms with E-state index < -0.39 is 0 Å². The lowest BCUT2D eigenvalue weighted by Crippen LogP contribution is -2.25. The van der Waals surface area contributed by atoms with E-state index in [1.807, 2.05) is 36.4 Å². The number of nitrogens with two attached hydrogens (primary N) is 1. The molecule has 0 fully saturated rings. The monoisotopic (exact) mass is 285 g/mol. The maximum absolute atomic E-state index is 6.28. The van der Waals surface area contributed by atoms with E-state index >= 15 is 0 Å². The van der Waals surface area contributed by atoms with Crippen LogP contribution in [0.15, 0.2) is 42.5 Å². The fraction of sp³-hybridized carbons (Fsp3) is 0.294. The standard InChI is InChI=1S/C17H19NO3/c1-19-15-5-3-2-4-13(15)10-14(18)8-12-6-7-16-17(9-12)21-11-20-16/h2-7,9,14H,8,10-11,18H2,1H3. The Labute approximate surface area is 124 Å². The van der Waals surface area contributed by atoms with Gasteiger partial charge < -0.3 is 19.9 Å². The van der Waals surface area contributed by atoms with Gasteiger partial charge in [0.05, 0.1) is 7.11 Å². The highest BCUT2D eigenvalue weighted by Crippen LogP contribution is 2.32. The third-order valence-corrected chi connectivity index (χ3v) is 3.61. The van der Waals surface area contributed by atoms with Crippen LogP contribution in [0.2, 0.25) is 0 Å². The maximum Gasteiger partial charge on any atom is 0.231 e. The Hall–Kier alpha value is -2.20. The normalized spacial score (nSPS) is 14.0. The van der Waals surface area contributed by atoms with Crippen LogP contribution in [-0.2, 0) is 12.8 Å². The van der Waals surface area contributed by atoms with Crippen LogP contribution in [0.25, 0.3) is 0 Å². The Morgan fingerprint density at radius 1 is 1.10 bits per heavy atom. The number of hydrogen-bond donors (Lipinski definition) is 1. The quantitative estimate of drug-likeness (QED) is 0.917. The zero-order valence-corrected chi connectivity index (χ0v) is 12.0. The summed E-state index contributed by atoms with van der Waals surface area (Å²) in [5, 5.41) is 0. The molecule has 21 heavy (non-hydrogen) atoms. The first-order valence-electron chi connectivity index (χ1n) is 7.02. The number of fused-ring (bicyclic) bond motifs is 1. The van der Waals surface area contributed by atoms with E-state index in [1.54, 1.807) is 7.11 Å². The minimum Gasteiger partial charge on any atom is -0.496 e. The van der Waals surface area contributed by atoms with Crippen LogP contribution in [0.3, 0.4) is 0 Å². The number of ether oxygens (including phenoxy) is 3. The smallest absolute Gasteiger partial charge is 0.231 e. The number of benzene rings is 2. The highest BCUT2D eigenvalue weighted by atomic mass is 16.7. The topological polar surface area (TPSA) is 53.7 Å². The summed E-state index contributed by atoms with van der Waals surface area (Å²) >= 11 is 0. The molecule has 0 saturated heterocycles. The van der Waals surface area contributed by atoms with E-state index in [2.05, 4.69) is 6.07 Å². The predicted octanol–water partition coefficient (Wildman–Crippen LogP) is 2.54. The Morgan fingerprint density at radius 2 is 1.90 bits per heavy atom. The van der Waals surface area contributed by atoms with Crippen molar-refractivity contribution in [2.75, 3.05) is 13.9 Å². The third-order valence-electron chi connectivity index (χ3n) is 3.61. The summed E-state index contributed by atoms with van der Waals surface area (Å²) < 4.78 is 16.1. The molecule has 1 unspecified atom stereocenters. The van der Waals surface area contributed by atoms with Crippen LogP contribution < -0.4 is 19.9 Å². The molecule has 110 valence electrons. The van der Waals surface area contributed by atoms with Crippen LogP contribution in [0.1, 0.15) is 11.1 Å². The molecule has 2 aromatic rings. The molecule has 4 nitrogen and oxygen atoms in total. The Morgan fingerprint density at radius 3 is 2.76 bits per heavy atom. The molecule has 2 aromatic carbocycles. The van der Waals surface area contributed by atoms with Crippen LogP contribution in [-0.4, -0.2) is 19.9 Å². The van der Waals surface area contributed by atoms with Crippen molar-refractivity contribution in [1.82, 2.24) is 0 Å². The highest BCUT2D eigenvalue weighted by Gasteiger charge is 2.15. The molecule has 3 rings (SSSR count). The summed E-state index contributed by atoms with van der Waals surface area (Å²) in [6, 6.07) is 14.0. The van der Waals surface area contributed by atoms with Crippen LogP contribution in [0.5, 0.6) is 17.2 Å². The second kappa shape index (κ2) is 6.06. The van der Waals surface area contributed by atoms with Gasteiger partial charge in [0.15, 0.2) is 11.5 Å². The minimum atomic E-state index is 0.0293. The summed E-state index contributed by atoms with van der Waals surface area (Å²) in [6.07, 6.45) is 1.56. The molecule has 1 atom stereocenters. The molecule has 4 heteroatoms. The SMILES string of the molecule is COc1ccccc1CC(N)Cc1ccc2c(c1)OCO2. The van der Waals surface area contributed by atoms with E-state index in [4.69, 9.17) is 19.9 Å². The average Bonchev–Trinajstić information content (AvgIpc) is 2.95. The molecule has 1 aliphatic rings. The summed E-state index contributed by atoms with van der Waals surface area (Å²) in [4.78, 5) is 0. The van der Waals surface area contributed by atoms with Crippen LogP contribution in [0.4, 0.5) is 0 Å². The van der Waals surface area contributed by atoms with Crippen molar-refractivity contribution in [2.45, 2.75) is 18.9 Å². The molecule has 0 radical (unpaired) electrons. The first kappa shape index (κ1) is 13.8. The van der Waals surface area contributed by atoms with E-state index in [0.717, 1.165) is 41.2 Å². The van der Waals surface area contributed by atoms with Crippen molar-refractivity contribution < 1.29 is 14.2 Å². The first-order valence-corrected chi connectivity index (χ1v) is 7.02. The molecule has 0 saturated carbocycles. The van der Waals surface area contributed by atoms with E-state index in [1.165, 1.54) is 0 Å². The molecule has 0 bridgehead atoms. The van der Waals surface area contributed by atoms with Crippen molar-refractivity contribution in [3.05, 3.63) is 53.6 Å². The van der Waals surface area contributed by atoms with Gasteiger partial charge in [0.25, 0.3) is 0 Å². The number of hydrogen-bond acceptors (Lipinski definition) is 4. The van der Waals surface area contributed by atoms with Gasteiger partial charge in [-0.3, -0.25) is 0 Å². The molecule has 1 aliphatic heterocycles. The predicted molar refractivity (Wildman–Crippen MR) is 80.9 cm³/mol. The zero-order chi connectivity index (χ0) is 14.7. The summed E-state index contributed by atoms with van der Waals surface area (Å²) in [6.45, 7) is 0.298. The molecular weight excluding hydrogens is 266 g/mol. The van der Waals surface area contributed by atoms with Gasteiger partial charge in [-0.15, -0.1) is 0 Å². The van der Waals surface area contributed by atoms with E-state index in [9.17, 15) is 0 Å². The van der Waals surface area contributed by atoms with Crippen molar-refractivity contribution in [3.8, 4) is 17.2 Å². The van der Waals surface area contributed by atoms with E-state index in [-0.39, 0.29) is 6.04 Å². The molecule has 2 N–H and O–H groups in total. The molecule has 1 heterocycles. The van der Waals surface area contributed by atoms with Gasteiger partial charge in [-0.2, -0.15) is 0 Å². The summed E-state index contributed by atoms with van der Waals surface area (Å²) in [5.41, 5.74) is 8.57. The van der Waals surface area contributed by atoms with Gasteiger partial charge in [-0.1, -0.05) is 24.3 Å². The van der Waals surface area contributed by atoms with Gasteiger partial charge in [0.2, 0.25) is 6.79 Å². The van der Waals surface area contributed by atoms with Gasteiger partial charge in [-0.25, -0.2) is 0 Å². The van der Waals surface area contributed by atoms with Gasteiger partial charge in [-0.05, 0) is 42.2 Å². The summed E-state index contributed by atoms with van der Waals surface area (Å²) in [7, 11) is 1.68. The number of rotatable bonds is 5. The van der Waals surface area contributed by atoms with Gasteiger partial charge >= 0.3 is 0 Å². The molecule has 0 spiro atoms. The lowest BCUT2D eigenvalue weighted by molar-refractivity contribution is 0.174. The fourth-order valence-electron chi connectivity index (χ4n) is 2.60. The van der Waals surface area contributed by atoms with Crippen molar-refractivity contribution in [3.63, 3.8) is 0 Å². The summed E-state index contributed by atoms with van der Waals surface area (Å²) in [5.74, 6) is 2.49. The highest BCUT2D eigenvalue weighted by molar-refractivity contribution is 5.44. The van der Waals surface area contributed by atoms with E-state index in [0.29, 0.717) is 6.79 Å². The van der Waals surface area contributed by atoms with Crippen LogP contribution in [0, 0.1) is 0 Å². The lowest BCUT2D eigenvalue weighted by atomic mass is 9.99. The third kappa shape index (κ3) is 3.11. The Kier molecular flexibility index (Phi) is 3.97. The van der Waals surface area contributed by atoms with Crippen molar-refractivity contribution in [1.29, 1.82) is 0 Å². The minimum absolute atomic E-state index is 0.0293. The second-order valence-corrected chi connectivity index (χ2v) is 5.17. The van der Waals surface area contributed by atoms with Gasteiger partial charge in [0, 0.05) is 6.04 Å². The number of methoxy groups -OCH3 is 1.